The number of hydrogen-bond acceptors (Lipinski definition) is 6. The number of anilines is 2. The summed E-state index contributed by atoms with van der Waals surface area (Å²) < 4.78 is 0. The van der Waals surface area contributed by atoms with Gasteiger partial charge in [-0.2, -0.15) is 11.3 Å². The van der Waals surface area contributed by atoms with E-state index < -0.39 is 4.92 Å². The molecule has 7 heteroatoms. The molecule has 0 aliphatic heterocycles. The van der Waals surface area contributed by atoms with Gasteiger partial charge in [-0.3, -0.25) is 10.1 Å². The van der Waals surface area contributed by atoms with E-state index in [1.807, 2.05) is 23.8 Å². The van der Waals surface area contributed by atoms with Crippen LogP contribution in [0.25, 0.3) is 0 Å². The molecule has 106 valence electrons. The van der Waals surface area contributed by atoms with Crippen molar-refractivity contribution in [3.63, 3.8) is 0 Å². The van der Waals surface area contributed by atoms with Crippen LogP contribution in [0.5, 0.6) is 0 Å². The average Bonchev–Trinajstić information content (AvgIpc) is 2.96. The summed E-state index contributed by atoms with van der Waals surface area (Å²) in [5.41, 5.74) is 1.07. The Bertz CT molecular complexity index is 572. The molecule has 0 aliphatic rings. The molecular weight excluding hydrogens is 276 g/mol. The van der Waals surface area contributed by atoms with Crippen LogP contribution in [0.15, 0.2) is 29.0 Å². The summed E-state index contributed by atoms with van der Waals surface area (Å²) in [6.45, 7) is 3.36. The molecule has 0 aromatic carbocycles. The zero-order chi connectivity index (χ0) is 14.4. The van der Waals surface area contributed by atoms with Crippen molar-refractivity contribution < 1.29 is 4.92 Å². The Labute approximate surface area is 121 Å². The van der Waals surface area contributed by atoms with E-state index in [0.29, 0.717) is 18.2 Å². The summed E-state index contributed by atoms with van der Waals surface area (Å²) in [6.07, 6.45) is 0.969. The van der Waals surface area contributed by atoms with Gasteiger partial charge in [0.05, 0.1) is 4.92 Å². The van der Waals surface area contributed by atoms with Gasteiger partial charge in [-0.25, -0.2) is 4.98 Å². The van der Waals surface area contributed by atoms with Gasteiger partial charge < -0.3 is 10.6 Å². The third kappa shape index (κ3) is 3.67. The first-order valence-electron chi connectivity index (χ1n) is 6.35. The van der Waals surface area contributed by atoms with Gasteiger partial charge in [0.25, 0.3) is 0 Å². The quantitative estimate of drug-likeness (QED) is 0.603. The van der Waals surface area contributed by atoms with Crippen molar-refractivity contribution in [1.82, 2.24) is 4.98 Å². The maximum Gasteiger partial charge on any atom is 0.311 e. The van der Waals surface area contributed by atoms with Crippen LogP contribution in [0.4, 0.5) is 17.3 Å². The molecule has 0 unspecified atom stereocenters. The van der Waals surface area contributed by atoms with E-state index in [1.165, 1.54) is 6.07 Å². The highest BCUT2D eigenvalue weighted by Crippen LogP contribution is 2.24. The van der Waals surface area contributed by atoms with E-state index in [2.05, 4.69) is 15.6 Å². The molecule has 0 fully saturated rings. The van der Waals surface area contributed by atoms with Gasteiger partial charge in [0.15, 0.2) is 0 Å². The summed E-state index contributed by atoms with van der Waals surface area (Å²) in [6, 6.07) is 5.08. The first kappa shape index (κ1) is 14.3. The standard InChI is InChI=1S/C13H16N4O2S/c1-2-6-14-12-4-3-11(17(18)19)13(16-12)15-8-10-5-7-20-9-10/h3-5,7,9H,2,6,8H2,1H3,(H2,14,15,16). The molecule has 2 N–H and O–H groups in total. The highest BCUT2D eigenvalue weighted by molar-refractivity contribution is 7.07. The highest BCUT2D eigenvalue weighted by Gasteiger charge is 2.15. The molecule has 2 aromatic rings. The van der Waals surface area contributed by atoms with Crippen LogP contribution in [-0.4, -0.2) is 16.5 Å². The second-order valence-corrected chi connectivity index (χ2v) is 5.01. The average molecular weight is 292 g/mol. The number of nitro groups is 1. The Kier molecular flexibility index (Phi) is 4.89. The Morgan fingerprint density at radius 1 is 1.35 bits per heavy atom. The fraction of sp³-hybridized carbons (Fsp3) is 0.308. The molecule has 0 atom stereocenters. The van der Waals surface area contributed by atoms with E-state index in [1.54, 1.807) is 17.4 Å². The zero-order valence-electron chi connectivity index (χ0n) is 11.1. The first-order chi connectivity index (χ1) is 9.70. The molecule has 6 nitrogen and oxygen atoms in total. The van der Waals surface area contributed by atoms with Crippen LogP contribution in [0.1, 0.15) is 18.9 Å². The van der Waals surface area contributed by atoms with E-state index >= 15 is 0 Å². The monoisotopic (exact) mass is 292 g/mol. The Balaban J connectivity index is 2.15. The van der Waals surface area contributed by atoms with E-state index in [0.717, 1.165) is 18.5 Å². The Morgan fingerprint density at radius 3 is 2.85 bits per heavy atom. The lowest BCUT2D eigenvalue weighted by Crippen LogP contribution is -2.07. The topological polar surface area (TPSA) is 80.1 Å². The Hall–Kier alpha value is -2.15. The molecule has 0 aliphatic carbocycles. The van der Waals surface area contributed by atoms with Crippen LogP contribution in [0, 0.1) is 10.1 Å². The number of aromatic nitrogens is 1. The maximum absolute atomic E-state index is 11.0. The predicted octanol–water partition coefficient (Wildman–Crippen LogP) is 3.49. The first-order valence-corrected chi connectivity index (χ1v) is 7.29. The third-order valence-corrected chi connectivity index (χ3v) is 3.40. The summed E-state index contributed by atoms with van der Waals surface area (Å²) in [7, 11) is 0. The van der Waals surface area contributed by atoms with Gasteiger partial charge in [0.2, 0.25) is 5.82 Å². The fourth-order valence-corrected chi connectivity index (χ4v) is 2.33. The van der Waals surface area contributed by atoms with Crippen LogP contribution in [0.2, 0.25) is 0 Å². The summed E-state index contributed by atoms with van der Waals surface area (Å²) >= 11 is 1.59. The number of nitrogens with zero attached hydrogens (tertiary/aromatic N) is 2. The summed E-state index contributed by atoms with van der Waals surface area (Å²) in [5.74, 6) is 0.938. The number of thiophene rings is 1. The molecule has 2 aromatic heterocycles. The van der Waals surface area contributed by atoms with Gasteiger partial charge in [-0.15, -0.1) is 0 Å². The highest BCUT2D eigenvalue weighted by atomic mass is 32.1. The minimum atomic E-state index is -0.424. The van der Waals surface area contributed by atoms with Crippen LogP contribution in [0.3, 0.4) is 0 Å². The van der Waals surface area contributed by atoms with Crippen molar-refractivity contribution in [2.75, 3.05) is 17.2 Å². The predicted molar refractivity (Wildman–Crippen MR) is 81.3 cm³/mol. The second-order valence-electron chi connectivity index (χ2n) is 4.23. The molecule has 0 radical (unpaired) electrons. The third-order valence-electron chi connectivity index (χ3n) is 2.67. The van der Waals surface area contributed by atoms with Gasteiger partial charge in [0.1, 0.15) is 5.82 Å². The van der Waals surface area contributed by atoms with Crippen LogP contribution in [-0.2, 0) is 6.54 Å². The maximum atomic E-state index is 11.0. The largest absolute Gasteiger partial charge is 0.370 e. The van der Waals surface area contributed by atoms with Gasteiger partial charge >= 0.3 is 5.69 Å². The SMILES string of the molecule is CCCNc1ccc([N+](=O)[O-])c(NCc2ccsc2)n1. The molecule has 0 saturated heterocycles. The Morgan fingerprint density at radius 2 is 2.20 bits per heavy atom. The summed E-state index contributed by atoms with van der Waals surface area (Å²) in [5, 5.41) is 21.1. The minimum Gasteiger partial charge on any atom is -0.370 e. The zero-order valence-corrected chi connectivity index (χ0v) is 11.9. The lowest BCUT2D eigenvalue weighted by molar-refractivity contribution is -0.384. The van der Waals surface area contributed by atoms with Gasteiger partial charge in [-0.1, -0.05) is 6.92 Å². The molecule has 0 amide bonds. The fourth-order valence-electron chi connectivity index (χ4n) is 1.66. The number of nitrogens with one attached hydrogen (secondary N) is 2. The van der Waals surface area contributed by atoms with Crippen molar-refractivity contribution in [3.05, 3.63) is 44.6 Å². The molecule has 0 saturated carbocycles. The molecule has 0 spiro atoms. The van der Waals surface area contributed by atoms with Gasteiger partial charge in [-0.05, 0) is 34.9 Å². The molecule has 2 heterocycles. The number of pyridine rings is 1. The van der Waals surface area contributed by atoms with Crippen LogP contribution < -0.4 is 10.6 Å². The van der Waals surface area contributed by atoms with Crippen molar-refractivity contribution in [2.24, 2.45) is 0 Å². The van der Waals surface area contributed by atoms with Crippen molar-refractivity contribution >= 4 is 28.7 Å². The molecule has 0 bridgehead atoms. The van der Waals surface area contributed by atoms with E-state index in [4.69, 9.17) is 0 Å². The second kappa shape index (κ2) is 6.85. The van der Waals surface area contributed by atoms with E-state index in [9.17, 15) is 10.1 Å². The van der Waals surface area contributed by atoms with Gasteiger partial charge in [0, 0.05) is 19.2 Å². The van der Waals surface area contributed by atoms with E-state index in [-0.39, 0.29) is 5.69 Å². The van der Waals surface area contributed by atoms with Crippen molar-refractivity contribution in [3.8, 4) is 0 Å². The number of hydrogen-bond donors (Lipinski definition) is 2. The number of rotatable bonds is 7. The lowest BCUT2D eigenvalue weighted by Gasteiger charge is -2.08. The molecule has 2 rings (SSSR count). The van der Waals surface area contributed by atoms with Crippen LogP contribution >= 0.6 is 11.3 Å². The normalized spacial score (nSPS) is 10.2. The smallest absolute Gasteiger partial charge is 0.311 e. The lowest BCUT2D eigenvalue weighted by atomic mass is 10.3. The molecular formula is C13H16N4O2S. The van der Waals surface area contributed by atoms with Crippen molar-refractivity contribution in [2.45, 2.75) is 19.9 Å². The van der Waals surface area contributed by atoms with Crippen molar-refractivity contribution in [1.29, 1.82) is 0 Å². The minimum absolute atomic E-state index is 0.0118. The summed E-state index contributed by atoms with van der Waals surface area (Å²) in [4.78, 5) is 14.9. The molecule has 20 heavy (non-hydrogen) atoms.